The third kappa shape index (κ3) is 6.46. The Morgan fingerprint density at radius 3 is 2.32 bits per heavy atom. The first-order valence-corrected chi connectivity index (χ1v) is 8.46. The van der Waals surface area contributed by atoms with E-state index in [1.807, 2.05) is 0 Å². The smallest absolute Gasteiger partial charge is 0.330 e. The zero-order valence-electron chi connectivity index (χ0n) is 13.3. The summed E-state index contributed by atoms with van der Waals surface area (Å²) in [5.74, 6) is -0.431. The van der Waals surface area contributed by atoms with E-state index in [1.54, 1.807) is 0 Å². The van der Waals surface area contributed by atoms with E-state index in [0.717, 1.165) is 31.8 Å². The van der Waals surface area contributed by atoms with Crippen LogP contribution in [0.3, 0.4) is 0 Å². The molecule has 0 bridgehead atoms. The van der Waals surface area contributed by atoms with E-state index >= 15 is 0 Å². The Balaban J connectivity index is 1.67. The number of hydrogen-bond donors (Lipinski definition) is 0. The van der Waals surface area contributed by atoms with Gasteiger partial charge in [0.1, 0.15) is 6.61 Å². The van der Waals surface area contributed by atoms with Crippen LogP contribution in [-0.2, 0) is 23.7 Å². The minimum Gasteiger partial charge on any atom is -0.460 e. The first-order chi connectivity index (χ1) is 10.8. The van der Waals surface area contributed by atoms with Crippen molar-refractivity contribution >= 4 is 5.97 Å². The van der Waals surface area contributed by atoms with Crippen LogP contribution < -0.4 is 0 Å². The Morgan fingerprint density at radius 2 is 1.68 bits per heavy atom. The van der Waals surface area contributed by atoms with Crippen molar-refractivity contribution < 1.29 is 23.7 Å². The molecule has 22 heavy (non-hydrogen) atoms. The molecule has 0 amide bonds. The van der Waals surface area contributed by atoms with Gasteiger partial charge in [0.2, 0.25) is 0 Å². The van der Waals surface area contributed by atoms with E-state index in [1.165, 1.54) is 25.7 Å². The first kappa shape index (κ1) is 17.4. The van der Waals surface area contributed by atoms with Gasteiger partial charge in [0.15, 0.2) is 6.29 Å². The van der Waals surface area contributed by atoms with Gasteiger partial charge in [0, 0.05) is 6.08 Å². The van der Waals surface area contributed by atoms with Gasteiger partial charge in [0.25, 0.3) is 0 Å². The zero-order valence-corrected chi connectivity index (χ0v) is 13.3. The molecule has 126 valence electrons. The van der Waals surface area contributed by atoms with Crippen LogP contribution >= 0.6 is 0 Å². The fourth-order valence-electron chi connectivity index (χ4n) is 3.02. The lowest BCUT2D eigenvalue weighted by Gasteiger charge is -2.24. The molecular weight excluding hydrogens is 284 g/mol. The number of hydrogen-bond acceptors (Lipinski definition) is 5. The second-order valence-corrected chi connectivity index (χ2v) is 5.95. The maximum atomic E-state index is 11.0. The minimum atomic E-state index is -0.431. The molecule has 0 spiro atoms. The summed E-state index contributed by atoms with van der Waals surface area (Å²) in [6.45, 7) is 4.33. The van der Waals surface area contributed by atoms with Crippen LogP contribution in [-0.4, -0.2) is 44.3 Å². The molecule has 2 rings (SSSR count). The van der Waals surface area contributed by atoms with Gasteiger partial charge in [-0.3, -0.25) is 0 Å². The number of ether oxygens (including phenoxy) is 4. The molecule has 2 saturated carbocycles. The molecule has 2 aliphatic carbocycles. The summed E-state index contributed by atoms with van der Waals surface area (Å²) in [6.07, 6.45) is 10.8. The topological polar surface area (TPSA) is 54.0 Å². The highest BCUT2D eigenvalue weighted by molar-refractivity contribution is 5.81. The van der Waals surface area contributed by atoms with Crippen molar-refractivity contribution in [3.05, 3.63) is 12.7 Å². The van der Waals surface area contributed by atoms with Gasteiger partial charge in [0.05, 0.1) is 25.4 Å². The summed E-state index contributed by atoms with van der Waals surface area (Å²) in [5, 5.41) is 0. The van der Waals surface area contributed by atoms with Gasteiger partial charge in [-0.15, -0.1) is 0 Å². The molecule has 5 nitrogen and oxygen atoms in total. The van der Waals surface area contributed by atoms with Crippen molar-refractivity contribution in [1.29, 1.82) is 0 Å². The molecule has 0 heterocycles. The summed E-state index contributed by atoms with van der Waals surface area (Å²) in [5.41, 5.74) is 0. The van der Waals surface area contributed by atoms with Gasteiger partial charge in [-0.05, 0) is 25.7 Å². The second-order valence-electron chi connectivity index (χ2n) is 5.95. The highest BCUT2D eigenvalue weighted by Crippen LogP contribution is 2.24. The predicted molar refractivity (Wildman–Crippen MR) is 82.4 cm³/mol. The van der Waals surface area contributed by atoms with E-state index in [-0.39, 0.29) is 19.0 Å². The fourth-order valence-corrected chi connectivity index (χ4v) is 3.02. The van der Waals surface area contributed by atoms with E-state index < -0.39 is 5.97 Å². The summed E-state index contributed by atoms with van der Waals surface area (Å²) >= 11 is 0. The predicted octanol–water partition coefficient (Wildman–Crippen LogP) is 2.98. The molecular formula is C17H28O5. The van der Waals surface area contributed by atoms with Gasteiger partial charge in [-0.1, -0.05) is 32.3 Å². The summed E-state index contributed by atoms with van der Waals surface area (Å²) in [7, 11) is 0. The molecule has 0 aliphatic heterocycles. The highest BCUT2D eigenvalue weighted by atomic mass is 16.7. The third-order valence-corrected chi connectivity index (χ3v) is 4.21. The molecule has 1 unspecified atom stereocenters. The van der Waals surface area contributed by atoms with Crippen LogP contribution in [0, 0.1) is 0 Å². The van der Waals surface area contributed by atoms with Crippen molar-refractivity contribution in [3.8, 4) is 0 Å². The van der Waals surface area contributed by atoms with Crippen molar-refractivity contribution in [2.45, 2.75) is 69.9 Å². The molecule has 0 radical (unpaired) electrons. The molecule has 2 fully saturated rings. The lowest BCUT2D eigenvalue weighted by atomic mass is 10.3. The van der Waals surface area contributed by atoms with Crippen LogP contribution in [0.1, 0.15) is 51.4 Å². The number of esters is 1. The summed E-state index contributed by atoms with van der Waals surface area (Å²) in [4.78, 5) is 11.0. The van der Waals surface area contributed by atoms with Gasteiger partial charge in [-0.2, -0.15) is 0 Å². The Hall–Kier alpha value is -0.910. The van der Waals surface area contributed by atoms with Crippen molar-refractivity contribution in [3.63, 3.8) is 0 Å². The SMILES string of the molecule is C=CC(=O)OCCOC(COC1CCCC1)OC1CCCC1. The van der Waals surface area contributed by atoms with Crippen LogP contribution in [0.25, 0.3) is 0 Å². The standard InChI is InChI=1S/C17H28O5/c1-2-16(18)19-11-12-20-17(22-15-9-5-6-10-15)13-21-14-7-3-4-8-14/h2,14-15,17H,1,3-13H2. The average molecular weight is 312 g/mol. The number of carbonyl (C=O) groups excluding carboxylic acids is 1. The van der Waals surface area contributed by atoms with Gasteiger partial charge in [-0.25, -0.2) is 4.79 Å². The summed E-state index contributed by atoms with van der Waals surface area (Å²) in [6, 6.07) is 0. The molecule has 0 aromatic heterocycles. The van der Waals surface area contributed by atoms with Crippen molar-refractivity contribution in [2.24, 2.45) is 0 Å². The van der Waals surface area contributed by atoms with Crippen molar-refractivity contribution in [2.75, 3.05) is 19.8 Å². The van der Waals surface area contributed by atoms with Crippen molar-refractivity contribution in [1.82, 2.24) is 0 Å². The highest BCUT2D eigenvalue weighted by Gasteiger charge is 2.23. The first-order valence-electron chi connectivity index (χ1n) is 8.46. The molecule has 0 saturated heterocycles. The van der Waals surface area contributed by atoms with Crippen LogP contribution in [0.2, 0.25) is 0 Å². The van der Waals surface area contributed by atoms with E-state index in [0.29, 0.717) is 19.3 Å². The molecule has 5 heteroatoms. The molecule has 0 N–H and O–H groups in total. The fraction of sp³-hybridized carbons (Fsp3) is 0.824. The normalized spacial score (nSPS) is 21.1. The van der Waals surface area contributed by atoms with Gasteiger partial charge < -0.3 is 18.9 Å². The van der Waals surface area contributed by atoms with E-state index in [9.17, 15) is 4.79 Å². The summed E-state index contributed by atoms with van der Waals surface area (Å²) < 4.78 is 22.5. The molecule has 2 aliphatic rings. The Kier molecular flexibility index (Phi) is 7.91. The Morgan fingerprint density at radius 1 is 1.05 bits per heavy atom. The largest absolute Gasteiger partial charge is 0.460 e. The monoisotopic (exact) mass is 312 g/mol. The molecule has 1 atom stereocenters. The zero-order chi connectivity index (χ0) is 15.6. The second kappa shape index (κ2) is 9.98. The quantitative estimate of drug-likeness (QED) is 0.269. The minimum absolute atomic E-state index is 0.207. The van der Waals surface area contributed by atoms with Crippen LogP contribution in [0.4, 0.5) is 0 Å². The maximum absolute atomic E-state index is 11.0. The number of carbonyl (C=O) groups is 1. The Labute approximate surface area is 132 Å². The molecule has 0 aromatic rings. The average Bonchev–Trinajstić information content (AvgIpc) is 3.21. The van der Waals surface area contributed by atoms with Gasteiger partial charge >= 0.3 is 5.97 Å². The molecule has 0 aromatic carbocycles. The number of rotatable bonds is 10. The lowest BCUT2D eigenvalue weighted by Crippen LogP contribution is -2.30. The lowest BCUT2D eigenvalue weighted by molar-refractivity contribution is -0.205. The maximum Gasteiger partial charge on any atom is 0.330 e. The van der Waals surface area contributed by atoms with Crippen LogP contribution in [0.5, 0.6) is 0 Å². The Bertz CT molecular complexity index is 332. The van der Waals surface area contributed by atoms with E-state index in [2.05, 4.69) is 6.58 Å². The van der Waals surface area contributed by atoms with Crippen LogP contribution in [0.15, 0.2) is 12.7 Å². The third-order valence-electron chi connectivity index (χ3n) is 4.21. The van der Waals surface area contributed by atoms with E-state index in [4.69, 9.17) is 18.9 Å².